The summed E-state index contributed by atoms with van der Waals surface area (Å²) in [5.41, 5.74) is -0.348. The second kappa shape index (κ2) is 5.41. The third-order valence-corrected chi connectivity index (χ3v) is 4.01. The van der Waals surface area contributed by atoms with Crippen molar-refractivity contribution in [3.05, 3.63) is 0 Å². The zero-order valence-electron chi connectivity index (χ0n) is 12.2. The van der Waals surface area contributed by atoms with E-state index >= 15 is 0 Å². The molecule has 0 N–H and O–H groups in total. The van der Waals surface area contributed by atoms with Gasteiger partial charge in [-0.05, 0) is 57.8 Å². The van der Waals surface area contributed by atoms with Crippen molar-refractivity contribution < 1.29 is 9.53 Å². The normalized spacial score (nSPS) is 27.2. The molecule has 0 aromatic carbocycles. The van der Waals surface area contributed by atoms with Crippen LogP contribution < -0.4 is 0 Å². The number of ether oxygens (including phenoxy) is 1. The van der Waals surface area contributed by atoms with Gasteiger partial charge in [-0.2, -0.15) is 0 Å². The summed E-state index contributed by atoms with van der Waals surface area (Å²) in [5, 5.41) is 0. The monoisotopic (exact) mass is 240 g/mol. The second-order valence-corrected chi connectivity index (χ2v) is 6.91. The Morgan fingerprint density at radius 2 is 1.76 bits per heavy atom. The molecule has 1 rings (SSSR count). The first-order valence-corrected chi connectivity index (χ1v) is 6.93. The van der Waals surface area contributed by atoms with E-state index in [9.17, 15) is 4.79 Å². The van der Waals surface area contributed by atoms with Gasteiger partial charge in [0, 0.05) is 0 Å². The Labute approximate surface area is 106 Å². The first-order chi connectivity index (χ1) is 7.70. The van der Waals surface area contributed by atoms with E-state index in [0.29, 0.717) is 17.8 Å². The van der Waals surface area contributed by atoms with Crippen molar-refractivity contribution in [1.82, 2.24) is 0 Å². The Morgan fingerprint density at radius 3 is 2.24 bits per heavy atom. The molecule has 2 unspecified atom stereocenters. The summed E-state index contributed by atoms with van der Waals surface area (Å²) in [6.45, 7) is 12.7. The van der Waals surface area contributed by atoms with Gasteiger partial charge in [-0.3, -0.25) is 4.79 Å². The van der Waals surface area contributed by atoms with Gasteiger partial charge >= 0.3 is 5.97 Å². The fraction of sp³-hybridized carbons (Fsp3) is 0.933. The van der Waals surface area contributed by atoms with E-state index in [0.717, 1.165) is 12.8 Å². The predicted octanol–water partition coefficient (Wildman–Crippen LogP) is 4.04. The van der Waals surface area contributed by atoms with Crippen LogP contribution in [-0.2, 0) is 9.53 Å². The molecule has 0 saturated heterocycles. The minimum Gasteiger partial charge on any atom is -0.460 e. The SMILES string of the molecule is CC(C)C(C)C1CC[C@H](C(=O)OC(C)(C)C)C1. The third kappa shape index (κ3) is 4.33. The first-order valence-electron chi connectivity index (χ1n) is 6.93. The largest absolute Gasteiger partial charge is 0.460 e. The molecule has 1 fully saturated rings. The number of carbonyl (C=O) groups excluding carboxylic acids is 1. The van der Waals surface area contributed by atoms with Crippen molar-refractivity contribution in [3.8, 4) is 0 Å². The molecule has 3 atom stereocenters. The highest BCUT2D eigenvalue weighted by atomic mass is 16.6. The van der Waals surface area contributed by atoms with Gasteiger partial charge in [0.15, 0.2) is 0 Å². The van der Waals surface area contributed by atoms with Crippen molar-refractivity contribution in [2.45, 2.75) is 66.4 Å². The van der Waals surface area contributed by atoms with Crippen molar-refractivity contribution in [2.24, 2.45) is 23.7 Å². The number of hydrogen-bond donors (Lipinski definition) is 0. The van der Waals surface area contributed by atoms with Crippen LogP contribution in [0.15, 0.2) is 0 Å². The van der Waals surface area contributed by atoms with E-state index in [-0.39, 0.29) is 17.5 Å². The Kier molecular flexibility index (Phi) is 4.62. The molecular formula is C15H28O2. The van der Waals surface area contributed by atoms with Crippen molar-refractivity contribution in [1.29, 1.82) is 0 Å². The molecule has 0 amide bonds. The topological polar surface area (TPSA) is 26.3 Å². The smallest absolute Gasteiger partial charge is 0.309 e. The van der Waals surface area contributed by atoms with E-state index in [1.54, 1.807) is 0 Å². The second-order valence-electron chi connectivity index (χ2n) is 6.91. The van der Waals surface area contributed by atoms with Crippen LogP contribution in [0.4, 0.5) is 0 Å². The standard InChI is InChI=1S/C15H28O2/c1-10(2)11(3)12-7-8-13(9-12)14(16)17-15(4,5)6/h10-13H,7-9H2,1-6H3/t11?,12?,13-/m0/s1. The van der Waals surface area contributed by atoms with Crippen molar-refractivity contribution >= 4 is 5.97 Å². The van der Waals surface area contributed by atoms with Gasteiger partial charge in [0.05, 0.1) is 5.92 Å². The van der Waals surface area contributed by atoms with Crippen LogP contribution in [0.2, 0.25) is 0 Å². The minimum absolute atomic E-state index is 0.0101. The van der Waals surface area contributed by atoms with Gasteiger partial charge in [0.25, 0.3) is 0 Å². The maximum Gasteiger partial charge on any atom is 0.309 e. The van der Waals surface area contributed by atoms with Gasteiger partial charge in [-0.25, -0.2) is 0 Å². The number of carbonyl (C=O) groups is 1. The zero-order valence-corrected chi connectivity index (χ0v) is 12.2. The number of hydrogen-bond acceptors (Lipinski definition) is 2. The summed E-state index contributed by atoms with van der Waals surface area (Å²) in [5.74, 6) is 2.27. The summed E-state index contributed by atoms with van der Waals surface area (Å²) >= 11 is 0. The van der Waals surface area contributed by atoms with Crippen molar-refractivity contribution in [2.75, 3.05) is 0 Å². The molecule has 0 aromatic heterocycles. The molecule has 0 radical (unpaired) electrons. The highest BCUT2D eigenvalue weighted by Gasteiger charge is 2.35. The maximum absolute atomic E-state index is 12.0. The quantitative estimate of drug-likeness (QED) is 0.696. The highest BCUT2D eigenvalue weighted by Crippen LogP contribution is 2.39. The Bertz CT molecular complexity index is 263. The third-order valence-electron chi connectivity index (χ3n) is 4.01. The van der Waals surface area contributed by atoms with Gasteiger partial charge < -0.3 is 4.74 Å². The van der Waals surface area contributed by atoms with Crippen LogP contribution in [-0.4, -0.2) is 11.6 Å². The van der Waals surface area contributed by atoms with Crippen LogP contribution >= 0.6 is 0 Å². The Balaban J connectivity index is 2.48. The fourth-order valence-corrected chi connectivity index (χ4v) is 2.64. The molecule has 1 aliphatic carbocycles. The molecule has 2 heteroatoms. The molecule has 0 aliphatic heterocycles. The lowest BCUT2D eigenvalue weighted by atomic mass is 9.83. The number of esters is 1. The molecule has 0 spiro atoms. The number of rotatable bonds is 3. The van der Waals surface area contributed by atoms with Crippen LogP contribution in [0.5, 0.6) is 0 Å². The van der Waals surface area contributed by atoms with Crippen LogP contribution in [0, 0.1) is 23.7 Å². The maximum atomic E-state index is 12.0. The molecule has 0 bridgehead atoms. The fourth-order valence-electron chi connectivity index (χ4n) is 2.64. The summed E-state index contributed by atoms with van der Waals surface area (Å²) in [7, 11) is 0. The van der Waals surface area contributed by atoms with Crippen LogP contribution in [0.3, 0.4) is 0 Å². The molecule has 2 nitrogen and oxygen atoms in total. The summed E-state index contributed by atoms with van der Waals surface area (Å²) in [6.07, 6.45) is 3.22. The molecule has 1 aliphatic rings. The molecular weight excluding hydrogens is 212 g/mol. The lowest BCUT2D eigenvalue weighted by Gasteiger charge is -2.24. The van der Waals surface area contributed by atoms with Gasteiger partial charge in [0.1, 0.15) is 5.60 Å². The minimum atomic E-state index is -0.348. The molecule has 17 heavy (non-hydrogen) atoms. The summed E-state index contributed by atoms with van der Waals surface area (Å²) in [6, 6.07) is 0. The Morgan fingerprint density at radius 1 is 1.18 bits per heavy atom. The van der Waals surface area contributed by atoms with Crippen LogP contribution in [0.25, 0.3) is 0 Å². The van der Waals surface area contributed by atoms with E-state index in [1.165, 1.54) is 6.42 Å². The van der Waals surface area contributed by atoms with Gasteiger partial charge in [-0.1, -0.05) is 20.8 Å². The van der Waals surface area contributed by atoms with Crippen LogP contribution in [0.1, 0.15) is 60.8 Å². The molecule has 0 aromatic rings. The average Bonchev–Trinajstić information content (AvgIpc) is 2.62. The molecule has 0 heterocycles. The van der Waals surface area contributed by atoms with Gasteiger partial charge in [0.2, 0.25) is 0 Å². The van der Waals surface area contributed by atoms with E-state index in [1.807, 2.05) is 20.8 Å². The average molecular weight is 240 g/mol. The van der Waals surface area contributed by atoms with E-state index in [4.69, 9.17) is 4.74 Å². The van der Waals surface area contributed by atoms with E-state index < -0.39 is 0 Å². The summed E-state index contributed by atoms with van der Waals surface area (Å²) < 4.78 is 5.47. The lowest BCUT2D eigenvalue weighted by molar-refractivity contribution is -0.159. The van der Waals surface area contributed by atoms with Crippen molar-refractivity contribution in [3.63, 3.8) is 0 Å². The van der Waals surface area contributed by atoms with E-state index in [2.05, 4.69) is 20.8 Å². The predicted molar refractivity (Wildman–Crippen MR) is 70.7 cm³/mol. The zero-order chi connectivity index (χ0) is 13.2. The first kappa shape index (κ1) is 14.5. The van der Waals surface area contributed by atoms with Gasteiger partial charge in [-0.15, -0.1) is 0 Å². The lowest BCUT2D eigenvalue weighted by Crippen LogP contribution is -2.28. The highest BCUT2D eigenvalue weighted by molar-refractivity contribution is 5.73. The Hall–Kier alpha value is -0.530. The molecule has 100 valence electrons. The molecule has 1 saturated carbocycles. The summed E-state index contributed by atoms with van der Waals surface area (Å²) in [4.78, 5) is 12.0.